The highest BCUT2D eigenvalue weighted by Gasteiger charge is 2.23. The second-order valence-corrected chi connectivity index (χ2v) is 6.24. The average Bonchev–Trinajstić information content (AvgIpc) is 2.85. The van der Waals surface area contributed by atoms with E-state index in [2.05, 4.69) is 10.1 Å². The molecule has 1 aliphatic carbocycles. The van der Waals surface area contributed by atoms with Crippen LogP contribution < -0.4 is 5.73 Å². The molecule has 1 saturated carbocycles. The van der Waals surface area contributed by atoms with Crippen molar-refractivity contribution in [3.63, 3.8) is 0 Å². The van der Waals surface area contributed by atoms with E-state index in [4.69, 9.17) is 10.3 Å². The molecule has 0 aliphatic heterocycles. The zero-order valence-corrected chi connectivity index (χ0v) is 10.7. The van der Waals surface area contributed by atoms with E-state index in [-0.39, 0.29) is 0 Å². The summed E-state index contributed by atoms with van der Waals surface area (Å²) in [5.41, 5.74) is 5.35. The SMILES string of the molecule is CC(C)(N)c1nc(CSC2CCCC2)no1. The minimum Gasteiger partial charge on any atom is -0.337 e. The summed E-state index contributed by atoms with van der Waals surface area (Å²) < 4.78 is 5.14. The molecule has 1 aromatic rings. The molecule has 0 aromatic carbocycles. The van der Waals surface area contributed by atoms with Gasteiger partial charge in [0.2, 0.25) is 5.89 Å². The molecular weight excluding hydrogens is 222 g/mol. The number of aromatic nitrogens is 2. The van der Waals surface area contributed by atoms with Crippen LogP contribution in [0.5, 0.6) is 0 Å². The molecule has 1 fully saturated rings. The first-order valence-corrected chi connectivity index (χ1v) is 6.84. The second kappa shape index (κ2) is 4.75. The van der Waals surface area contributed by atoms with Crippen molar-refractivity contribution < 1.29 is 4.52 Å². The summed E-state index contributed by atoms with van der Waals surface area (Å²) in [6.07, 6.45) is 5.39. The number of nitrogens with zero attached hydrogens (tertiary/aromatic N) is 2. The lowest BCUT2D eigenvalue weighted by Gasteiger charge is -2.10. The molecule has 4 nitrogen and oxygen atoms in total. The highest BCUT2D eigenvalue weighted by Crippen LogP contribution is 2.31. The molecule has 0 atom stereocenters. The fourth-order valence-electron chi connectivity index (χ4n) is 1.82. The summed E-state index contributed by atoms with van der Waals surface area (Å²) in [6, 6.07) is 0. The highest BCUT2D eigenvalue weighted by molar-refractivity contribution is 7.99. The van der Waals surface area contributed by atoms with Crippen molar-refractivity contribution in [2.45, 2.75) is 56.1 Å². The molecule has 0 spiro atoms. The molecule has 2 rings (SSSR count). The molecule has 5 heteroatoms. The fraction of sp³-hybridized carbons (Fsp3) is 0.818. The summed E-state index contributed by atoms with van der Waals surface area (Å²) in [6.45, 7) is 3.74. The van der Waals surface area contributed by atoms with Gasteiger partial charge in [-0.05, 0) is 26.7 Å². The van der Waals surface area contributed by atoms with E-state index in [1.807, 2.05) is 25.6 Å². The molecule has 90 valence electrons. The zero-order chi connectivity index (χ0) is 11.6. The van der Waals surface area contributed by atoms with Crippen molar-refractivity contribution >= 4 is 11.8 Å². The Morgan fingerprint density at radius 3 is 2.69 bits per heavy atom. The molecule has 0 radical (unpaired) electrons. The number of hydrogen-bond acceptors (Lipinski definition) is 5. The van der Waals surface area contributed by atoms with Gasteiger partial charge in [-0.3, -0.25) is 0 Å². The van der Waals surface area contributed by atoms with Gasteiger partial charge in [0.1, 0.15) is 0 Å². The Bertz CT molecular complexity index is 339. The number of rotatable bonds is 4. The van der Waals surface area contributed by atoms with E-state index < -0.39 is 5.54 Å². The lowest BCUT2D eigenvalue weighted by Crippen LogP contribution is -2.29. The third kappa shape index (κ3) is 2.98. The maximum Gasteiger partial charge on any atom is 0.246 e. The van der Waals surface area contributed by atoms with E-state index in [0.717, 1.165) is 16.8 Å². The Morgan fingerprint density at radius 2 is 2.12 bits per heavy atom. The highest BCUT2D eigenvalue weighted by atomic mass is 32.2. The summed E-state index contributed by atoms with van der Waals surface area (Å²) in [4.78, 5) is 4.32. The third-order valence-electron chi connectivity index (χ3n) is 2.77. The molecule has 16 heavy (non-hydrogen) atoms. The minimum atomic E-state index is -0.538. The maximum atomic E-state index is 5.89. The minimum absolute atomic E-state index is 0.523. The van der Waals surface area contributed by atoms with Crippen LogP contribution >= 0.6 is 11.8 Å². The lowest BCUT2D eigenvalue weighted by molar-refractivity contribution is 0.310. The van der Waals surface area contributed by atoms with Crippen molar-refractivity contribution in [1.29, 1.82) is 0 Å². The van der Waals surface area contributed by atoms with Crippen molar-refractivity contribution in [1.82, 2.24) is 10.1 Å². The summed E-state index contributed by atoms with van der Waals surface area (Å²) in [5.74, 6) is 2.13. The average molecular weight is 241 g/mol. The van der Waals surface area contributed by atoms with E-state index in [1.54, 1.807) is 0 Å². The molecular formula is C11H19N3OS. The summed E-state index contributed by atoms with van der Waals surface area (Å²) in [7, 11) is 0. The van der Waals surface area contributed by atoms with Crippen LogP contribution in [-0.2, 0) is 11.3 Å². The van der Waals surface area contributed by atoms with Crippen LogP contribution in [0, 0.1) is 0 Å². The van der Waals surface area contributed by atoms with Crippen LogP contribution in [-0.4, -0.2) is 15.4 Å². The van der Waals surface area contributed by atoms with Crippen LogP contribution in [0.2, 0.25) is 0 Å². The lowest BCUT2D eigenvalue weighted by atomic mass is 10.1. The molecule has 0 saturated heterocycles. The van der Waals surface area contributed by atoms with Gasteiger partial charge in [-0.25, -0.2) is 0 Å². The van der Waals surface area contributed by atoms with Crippen molar-refractivity contribution in [3.05, 3.63) is 11.7 Å². The molecule has 1 aliphatic rings. The predicted octanol–water partition coefficient (Wildman–Crippen LogP) is 2.44. The monoisotopic (exact) mass is 241 g/mol. The predicted molar refractivity (Wildman–Crippen MR) is 65.1 cm³/mol. The molecule has 0 amide bonds. The topological polar surface area (TPSA) is 64.9 Å². The standard InChI is InChI=1S/C11H19N3OS/c1-11(2,12)10-13-9(14-15-10)7-16-8-5-3-4-6-8/h8H,3-7,12H2,1-2H3. The van der Waals surface area contributed by atoms with Gasteiger partial charge in [0.15, 0.2) is 5.82 Å². The van der Waals surface area contributed by atoms with Gasteiger partial charge < -0.3 is 10.3 Å². The van der Waals surface area contributed by atoms with Gasteiger partial charge in [0.05, 0.1) is 11.3 Å². The van der Waals surface area contributed by atoms with E-state index in [0.29, 0.717) is 5.89 Å². The zero-order valence-electron chi connectivity index (χ0n) is 9.90. The van der Waals surface area contributed by atoms with Gasteiger partial charge in [0, 0.05) is 5.25 Å². The molecule has 0 bridgehead atoms. The molecule has 2 N–H and O–H groups in total. The number of thioether (sulfide) groups is 1. The number of hydrogen-bond donors (Lipinski definition) is 1. The van der Waals surface area contributed by atoms with E-state index in [9.17, 15) is 0 Å². The quantitative estimate of drug-likeness (QED) is 0.877. The Balaban J connectivity index is 1.87. The van der Waals surface area contributed by atoms with Crippen LogP contribution in [0.3, 0.4) is 0 Å². The van der Waals surface area contributed by atoms with E-state index >= 15 is 0 Å². The fourth-order valence-corrected chi connectivity index (χ4v) is 2.99. The molecule has 0 unspecified atom stereocenters. The van der Waals surface area contributed by atoms with Gasteiger partial charge >= 0.3 is 0 Å². The van der Waals surface area contributed by atoms with Gasteiger partial charge in [-0.2, -0.15) is 16.7 Å². The first-order valence-electron chi connectivity index (χ1n) is 5.79. The van der Waals surface area contributed by atoms with E-state index in [1.165, 1.54) is 25.7 Å². The summed E-state index contributed by atoms with van der Waals surface area (Å²) in [5, 5.41) is 4.74. The van der Waals surface area contributed by atoms with Crippen molar-refractivity contribution in [3.8, 4) is 0 Å². The maximum absolute atomic E-state index is 5.89. The van der Waals surface area contributed by atoms with Crippen LogP contribution in [0.15, 0.2) is 4.52 Å². The smallest absolute Gasteiger partial charge is 0.246 e. The van der Waals surface area contributed by atoms with Crippen LogP contribution in [0.4, 0.5) is 0 Å². The van der Waals surface area contributed by atoms with Gasteiger partial charge in [-0.1, -0.05) is 18.0 Å². The first kappa shape index (κ1) is 11.9. The number of nitrogens with two attached hydrogens (primary N) is 1. The Labute approximate surface area is 100 Å². The Kier molecular flexibility index (Phi) is 3.54. The normalized spacial score (nSPS) is 18.2. The largest absolute Gasteiger partial charge is 0.337 e. The molecule has 1 heterocycles. The molecule has 1 aromatic heterocycles. The van der Waals surface area contributed by atoms with Crippen LogP contribution in [0.25, 0.3) is 0 Å². The van der Waals surface area contributed by atoms with Crippen molar-refractivity contribution in [2.24, 2.45) is 5.73 Å². The summed E-state index contributed by atoms with van der Waals surface area (Å²) >= 11 is 1.94. The second-order valence-electron chi connectivity index (χ2n) is 4.95. The first-order chi connectivity index (χ1) is 7.55. The van der Waals surface area contributed by atoms with Gasteiger partial charge in [0.25, 0.3) is 0 Å². The third-order valence-corrected chi connectivity index (χ3v) is 4.14. The van der Waals surface area contributed by atoms with Crippen LogP contribution in [0.1, 0.15) is 51.2 Å². The Hall–Kier alpha value is -0.550. The van der Waals surface area contributed by atoms with Crippen molar-refractivity contribution in [2.75, 3.05) is 0 Å². The van der Waals surface area contributed by atoms with Gasteiger partial charge in [-0.15, -0.1) is 0 Å². The Morgan fingerprint density at radius 1 is 1.44 bits per heavy atom.